The minimum atomic E-state index is -0.716. The van der Waals surface area contributed by atoms with Gasteiger partial charge in [-0.25, -0.2) is 0 Å². The van der Waals surface area contributed by atoms with Crippen molar-refractivity contribution in [1.82, 2.24) is 10.2 Å². The van der Waals surface area contributed by atoms with Crippen molar-refractivity contribution in [2.75, 3.05) is 13.2 Å². The van der Waals surface area contributed by atoms with E-state index in [1.165, 1.54) is 19.3 Å². The van der Waals surface area contributed by atoms with E-state index in [9.17, 15) is 4.79 Å². The Morgan fingerprint density at radius 2 is 1.69 bits per heavy atom. The molecule has 1 amide bonds. The van der Waals surface area contributed by atoms with Crippen LogP contribution in [0, 0.1) is 0 Å². The first-order chi connectivity index (χ1) is 12.0. The number of piperidine rings is 1. The molecule has 0 saturated carbocycles. The van der Waals surface area contributed by atoms with Crippen molar-refractivity contribution in [2.24, 2.45) is 0 Å². The first-order valence-corrected chi connectivity index (χ1v) is 10.4. The quantitative estimate of drug-likeness (QED) is 0.552. The second-order valence-electron chi connectivity index (χ2n) is 10.2. The number of hydrogen-bond donors (Lipinski definition) is 1. The van der Waals surface area contributed by atoms with Crippen LogP contribution in [0.25, 0.3) is 0 Å². The molecule has 3 heterocycles. The van der Waals surface area contributed by atoms with Crippen LogP contribution in [0.3, 0.4) is 0 Å². The molecule has 5 nitrogen and oxygen atoms in total. The Hall–Kier alpha value is -0.650. The molecular formula is C21H38N2O3. The first kappa shape index (κ1) is 20.1. The van der Waals surface area contributed by atoms with Crippen molar-refractivity contribution in [3.63, 3.8) is 0 Å². The molecule has 26 heavy (non-hydrogen) atoms. The third kappa shape index (κ3) is 4.10. The molecule has 0 bridgehead atoms. The van der Waals surface area contributed by atoms with Crippen LogP contribution >= 0.6 is 0 Å². The number of epoxide rings is 1. The lowest BCUT2D eigenvalue weighted by Crippen LogP contribution is -2.65. The van der Waals surface area contributed by atoms with E-state index in [0.717, 1.165) is 32.3 Å². The lowest BCUT2D eigenvalue weighted by atomic mass is 9.72. The Labute approximate surface area is 159 Å². The van der Waals surface area contributed by atoms with E-state index in [4.69, 9.17) is 9.47 Å². The van der Waals surface area contributed by atoms with Gasteiger partial charge in [0.1, 0.15) is 5.72 Å². The van der Waals surface area contributed by atoms with E-state index >= 15 is 0 Å². The maximum absolute atomic E-state index is 13.6. The fraction of sp³-hybridized carbons (Fsp3) is 0.952. The largest absolute Gasteiger partial charge is 0.371 e. The Morgan fingerprint density at radius 3 is 2.23 bits per heavy atom. The fourth-order valence-corrected chi connectivity index (χ4v) is 5.42. The van der Waals surface area contributed by atoms with E-state index in [1.807, 2.05) is 4.90 Å². The zero-order chi connectivity index (χ0) is 19.2. The number of ether oxygens (including phenoxy) is 2. The highest BCUT2D eigenvalue weighted by atomic mass is 16.6. The van der Waals surface area contributed by atoms with Crippen molar-refractivity contribution < 1.29 is 14.3 Å². The smallest absolute Gasteiger partial charge is 0.257 e. The summed E-state index contributed by atoms with van der Waals surface area (Å²) in [5.74, 6) is 0.175. The summed E-state index contributed by atoms with van der Waals surface area (Å²) in [6.07, 6.45) is 7.28. The maximum Gasteiger partial charge on any atom is 0.257 e. The molecule has 3 aliphatic rings. The highest BCUT2D eigenvalue weighted by molar-refractivity contribution is 5.88. The minimum Gasteiger partial charge on any atom is -0.371 e. The number of amides is 1. The molecule has 0 aromatic rings. The molecule has 0 aliphatic carbocycles. The average Bonchev–Trinajstić information content (AvgIpc) is 3.26. The lowest BCUT2D eigenvalue weighted by Gasteiger charge is -2.50. The third-order valence-electron chi connectivity index (χ3n) is 6.04. The number of nitrogens with zero attached hydrogens (tertiary/aromatic N) is 1. The van der Waals surface area contributed by atoms with E-state index in [0.29, 0.717) is 6.54 Å². The highest BCUT2D eigenvalue weighted by Crippen LogP contribution is 2.49. The van der Waals surface area contributed by atoms with Crippen LogP contribution in [0.4, 0.5) is 0 Å². The molecule has 2 unspecified atom stereocenters. The summed E-state index contributed by atoms with van der Waals surface area (Å²) < 4.78 is 12.2. The zero-order valence-electron chi connectivity index (χ0n) is 17.6. The number of nitrogens with one attached hydrogen (secondary N) is 1. The van der Waals surface area contributed by atoms with Gasteiger partial charge in [-0.3, -0.25) is 4.79 Å². The predicted octanol–water partition coefficient (Wildman–Crippen LogP) is 3.61. The Kier molecular flexibility index (Phi) is 5.22. The topological polar surface area (TPSA) is 54.1 Å². The minimum absolute atomic E-state index is 0.132. The predicted molar refractivity (Wildman–Crippen MR) is 103 cm³/mol. The molecule has 0 aromatic heterocycles. The molecule has 0 radical (unpaired) electrons. The highest BCUT2D eigenvalue weighted by Gasteiger charge is 2.63. The standard InChI is InChI=1S/C21H38N2O3/c1-7-8-9-10-11-20(6)23(12-16-13-25-16)17(24)21(26-20)14-18(2,3)22-19(4,5)15-21/h16,22H,7-15H2,1-6H3. The van der Waals surface area contributed by atoms with Crippen LogP contribution in [-0.2, 0) is 14.3 Å². The number of unbranched alkanes of at least 4 members (excludes halogenated alkanes) is 3. The monoisotopic (exact) mass is 366 g/mol. The Morgan fingerprint density at radius 1 is 1.08 bits per heavy atom. The van der Waals surface area contributed by atoms with Gasteiger partial charge in [0.05, 0.1) is 19.3 Å². The van der Waals surface area contributed by atoms with Crippen molar-refractivity contribution in [3.8, 4) is 0 Å². The van der Waals surface area contributed by atoms with E-state index in [-0.39, 0.29) is 23.1 Å². The summed E-state index contributed by atoms with van der Waals surface area (Å²) in [5.41, 5.74) is -1.49. The molecule has 3 aliphatic heterocycles. The van der Waals surface area contributed by atoms with Crippen LogP contribution in [0.15, 0.2) is 0 Å². The molecule has 3 fully saturated rings. The SMILES string of the molecule is CCCCCCC1(C)OC2(CC(C)(C)NC(C)(C)C2)C(=O)N1CC1CO1. The normalized spacial score (nSPS) is 34.5. The van der Waals surface area contributed by atoms with E-state index in [1.54, 1.807) is 0 Å². The Bertz CT molecular complexity index is 525. The van der Waals surface area contributed by atoms with Crippen molar-refractivity contribution in [3.05, 3.63) is 0 Å². The molecule has 2 atom stereocenters. The fourth-order valence-electron chi connectivity index (χ4n) is 5.42. The summed E-state index contributed by atoms with van der Waals surface area (Å²) >= 11 is 0. The van der Waals surface area contributed by atoms with Gasteiger partial charge in [0.15, 0.2) is 5.60 Å². The van der Waals surface area contributed by atoms with Crippen molar-refractivity contribution in [1.29, 1.82) is 0 Å². The third-order valence-corrected chi connectivity index (χ3v) is 6.04. The van der Waals surface area contributed by atoms with Gasteiger partial charge in [-0.1, -0.05) is 26.2 Å². The van der Waals surface area contributed by atoms with Gasteiger partial charge in [-0.05, 0) is 47.5 Å². The number of hydrogen-bond acceptors (Lipinski definition) is 4. The van der Waals surface area contributed by atoms with E-state index in [2.05, 4.69) is 46.9 Å². The molecule has 150 valence electrons. The van der Waals surface area contributed by atoms with Gasteiger partial charge >= 0.3 is 0 Å². The van der Waals surface area contributed by atoms with Gasteiger partial charge < -0.3 is 19.7 Å². The molecule has 3 saturated heterocycles. The van der Waals surface area contributed by atoms with Gasteiger partial charge in [-0.15, -0.1) is 0 Å². The Balaban J connectivity index is 1.84. The van der Waals surface area contributed by atoms with Gasteiger partial charge in [-0.2, -0.15) is 0 Å². The number of carbonyl (C=O) groups is 1. The number of rotatable bonds is 7. The summed E-state index contributed by atoms with van der Waals surface area (Å²) in [6.45, 7) is 14.5. The van der Waals surface area contributed by atoms with Crippen LogP contribution in [0.2, 0.25) is 0 Å². The van der Waals surface area contributed by atoms with E-state index < -0.39 is 11.3 Å². The molecule has 1 N–H and O–H groups in total. The summed E-state index contributed by atoms with van der Waals surface area (Å²) in [5, 5.41) is 3.68. The second kappa shape index (κ2) is 6.75. The summed E-state index contributed by atoms with van der Waals surface area (Å²) in [4.78, 5) is 15.7. The van der Waals surface area contributed by atoms with Gasteiger partial charge in [0, 0.05) is 23.9 Å². The van der Waals surface area contributed by atoms with Gasteiger partial charge in [0.2, 0.25) is 0 Å². The summed E-state index contributed by atoms with van der Waals surface area (Å²) in [7, 11) is 0. The number of carbonyl (C=O) groups excluding carboxylic acids is 1. The first-order valence-electron chi connectivity index (χ1n) is 10.4. The molecule has 5 heteroatoms. The van der Waals surface area contributed by atoms with Crippen molar-refractivity contribution in [2.45, 2.75) is 115 Å². The van der Waals surface area contributed by atoms with Crippen LogP contribution in [0.1, 0.15) is 86.5 Å². The zero-order valence-corrected chi connectivity index (χ0v) is 17.6. The van der Waals surface area contributed by atoms with Gasteiger partial charge in [0.25, 0.3) is 5.91 Å². The molecule has 1 spiro atoms. The average molecular weight is 367 g/mol. The maximum atomic E-state index is 13.6. The van der Waals surface area contributed by atoms with Crippen molar-refractivity contribution >= 4 is 5.91 Å². The van der Waals surface area contributed by atoms with Crippen LogP contribution in [0.5, 0.6) is 0 Å². The molecule has 3 rings (SSSR count). The van der Waals surface area contributed by atoms with Crippen LogP contribution < -0.4 is 5.32 Å². The lowest BCUT2D eigenvalue weighted by molar-refractivity contribution is -0.165. The molecular weight excluding hydrogens is 328 g/mol. The molecule has 0 aromatic carbocycles. The van der Waals surface area contributed by atoms with Crippen LogP contribution in [-0.4, -0.2) is 52.5 Å². The second-order valence-corrected chi connectivity index (χ2v) is 10.2. The summed E-state index contributed by atoms with van der Waals surface area (Å²) in [6, 6.07) is 0.